The van der Waals surface area contributed by atoms with E-state index in [9.17, 15) is 19.7 Å². The zero-order valence-electron chi connectivity index (χ0n) is 13.4. The molecular weight excluding hydrogens is 346 g/mol. The predicted molar refractivity (Wildman–Crippen MR) is 91.9 cm³/mol. The number of nitrogens with one attached hydrogen (secondary N) is 1. The molecule has 0 radical (unpaired) electrons. The zero-order valence-corrected chi connectivity index (χ0v) is 14.2. The van der Waals surface area contributed by atoms with Crippen molar-refractivity contribution in [3.05, 3.63) is 66.6 Å². The summed E-state index contributed by atoms with van der Waals surface area (Å²) in [7, 11) is 0. The van der Waals surface area contributed by atoms with E-state index in [1.807, 2.05) is 0 Å². The molecule has 3 aromatic rings. The Labute approximate surface area is 145 Å². The van der Waals surface area contributed by atoms with Crippen molar-refractivity contribution in [2.75, 3.05) is 0 Å². The number of aromatic amines is 1. The summed E-state index contributed by atoms with van der Waals surface area (Å²) >= 11 is 1.11. The Morgan fingerprint density at radius 1 is 1.32 bits per heavy atom. The Bertz CT molecular complexity index is 1040. The third-order valence-corrected chi connectivity index (χ3v) is 4.79. The normalized spacial score (nSPS) is 10.8. The van der Waals surface area contributed by atoms with Crippen LogP contribution in [-0.4, -0.2) is 20.9 Å². The fourth-order valence-electron chi connectivity index (χ4n) is 2.37. The number of carbonyl (C=O) groups is 1. The Morgan fingerprint density at radius 3 is 2.64 bits per heavy atom. The van der Waals surface area contributed by atoms with Gasteiger partial charge in [0, 0.05) is 12.1 Å². The number of ether oxygens (including phenoxy) is 1. The Hall–Kier alpha value is -3.07. The fraction of sp³-hybridized carbons (Fsp3) is 0.188. The van der Waals surface area contributed by atoms with Crippen LogP contribution >= 0.6 is 11.3 Å². The van der Waals surface area contributed by atoms with Gasteiger partial charge in [-0.2, -0.15) is 0 Å². The van der Waals surface area contributed by atoms with Gasteiger partial charge in [0.2, 0.25) is 0 Å². The van der Waals surface area contributed by atoms with Crippen LogP contribution in [0.3, 0.4) is 0 Å². The molecule has 2 aromatic heterocycles. The summed E-state index contributed by atoms with van der Waals surface area (Å²) in [6.45, 7) is 3.32. The third-order valence-electron chi connectivity index (χ3n) is 3.62. The molecule has 0 saturated heterocycles. The van der Waals surface area contributed by atoms with Crippen LogP contribution in [-0.2, 0) is 11.3 Å². The number of nitrogens with zero attached hydrogens (tertiary/aromatic N) is 2. The molecule has 128 valence electrons. The summed E-state index contributed by atoms with van der Waals surface area (Å²) in [6.07, 6.45) is 0. The SMILES string of the molecule is Cc1nc2sc(C(=O)OCc3ccc([N+](=O)[O-])cc3)c(C)c2c(=O)[nH]1. The average molecular weight is 359 g/mol. The average Bonchev–Trinajstić information content (AvgIpc) is 2.89. The van der Waals surface area contributed by atoms with Crippen molar-refractivity contribution in [3.63, 3.8) is 0 Å². The predicted octanol–water partition coefficient (Wildman–Crippen LogP) is 2.87. The van der Waals surface area contributed by atoms with Gasteiger partial charge in [-0.05, 0) is 37.1 Å². The zero-order chi connectivity index (χ0) is 18.1. The highest BCUT2D eigenvalue weighted by atomic mass is 32.1. The van der Waals surface area contributed by atoms with Gasteiger partial charge in [-0.1, -0.05) is 0 Å². The van der Waals surface area contributed by atoms with Crippen LogP contribution < -0.4 is 5.56 Å². The molecule has 0 unspecified atom stereocenters. The number of carbonyl (C=O) groups excluding carboxylic acids is 1. The number of esters is 1. The van der Waals surface area contributed by atoms with Crippen molar-refractivity contribution in [2.24, 2.45) is 0 Å². The van der Waals surface area contributed by atoms with Gasteiger partial charge in [-0.3, -0.25) is 14.9 Å². The van der Waals surface area contributed by atoms with Crippen molar-refractivity contribution < 1.29 is 14.5 Å². The molecule has 0 bridgehead atoms. The molecule has 0 aliphatic rings. The van der Waals surface area contributed by atoms with Crippen LogP contribution in [0.5, 0.6) is 0 Å². The Kier molecular flexibility index (Phi) is 4.32. The van der Waals surface area contributed by atoms with Crippen LogP contribution in [0.15, 0.2) is 29.1 Å². The van der Waals surface area contributed by atoms with E-state index in [1.54, 1.807) is 13.8 Å². The number of H-pyrrole nitrogens is 1. The number of fused-ring (bicyclic) bond motifs is 1. The quantitative estimate of drug-likeness (QED) is 0.435. The summed E-state index contributed by atoms with van der Waals surface area (Å²) in [4.78, 5) is 42.1. The number of rotatable bonds is 4. The Balaban J connectivity index is 1.80. The third kappa shape index (κ3) is 3.26. The van der Waals surface area contributed by atoms with Gasteiger partial charge in [0.1, 0.15) is 22.1 Å². The molecule has 0 aliphatic heterocycles. The largest absolute Gasteiger partial charge is 0.457 e. The lowest BCUT2D eigenvalue weighted by Crippen LogP contribution is -2.10. The second kappa shape index (κ2) is 6.44. The van der Waals surface area contributed by atoms with Crippen molar-refractivity contribution in [2.45, 2.75) is 20.5 Å². The van der Waals surface area contributed by atoms with Crippen LogP contribution in [0.2, 0.25) is 0 Å². The van der Waals surface area contributed by atoms with Crippen molar-refractivity contribution in [3.8, 4) is 0 Å². The number of hydrogen-bond donors (Lipinski definition) is 1. The first-order valence-corrected chi connectivity index (χ1v) is 8.09. The number of aryl methyl sites for hydroxylation is 2. The first-order chi connectivity index (χ1) is 11.9. The van der Waals surface area contributed by atoms with E-state index < -0.39 is 10.9 Å². The summed E-state index contributed by atoms with van der Waals surface area (Å²) in [5.41, 5.74) is 0.841. The van der Waals surface area contributed by atoms with E-state index >= 15 is 0 Å². The molecule has 0 saturated carbocycles. The van der Waals surface area contributed by atoms with Crippen LogP contribution in [0.4, 0.5) is 5.69 Å². The van der Waals surface area contributed by atoms with Crippen molar-refractivity contribution in [1.82, 2.24) is 9.97 Å². The number of nitro benzene ring substituents is 1. The van der Waals surface area contributed by atoms with Gasteiger partial charge < -0.3 is 9.72 Å². The maximum Gasteiger partial charge on any atom is 0.349 e. The van der Waals surface area contributed by atoms with E-state index in [1.165, 1.54) is 24.3 Å². The molecule has 0 atom stereocenters. The van der Waals surface area contributed by atoms with E-state index in [4.69, 9.17) is 4.74 Å². The second-order valence-corrected chi connectivity index (χ2v) is 6.39. The first-order valence-electron chi connectivity index (χ1n) is 7.27. The Morgan fingerprint density at radius 2 is 2.00 bits per heavy atom. The lowest BCUT2D eigenvalue weighted by Gasteiger charge is -2.04. The number of benzene rings is 1. The molecule has 0 amide bonds. The molecule has 25 heavy (non-hydrogen) atoms. The monoisotopic (exact) mass is 359 g/mol. The lowest BCUT2D eigenvalue weighted by atomic mass is 10.2. The smallest absolute Gasteiger partial charge is 0.349 e. The van der Waals surface area contributed by atoms with E-state index in [-0.39, 0.29) is 17.9 Å². The first kappa shape index (κ1) is 16.8. The minimum absolute atomic E-state index is 0.0205. The standard InChI is InChI=1S/C16H13N3O5S/c1-8-12-14(20)17-9(2)18-15(12)25-13(8)16(21)24-7-10-3-5-11(6-4-10)19(22)23/h3-6H,7H2,1-2H3,(H,17,18,20). The summed E-state index contributed by atoms with van der Waals surface area (Å²) in [5.74, 6) is -0.0829. The molecule has 1 N–H and O–H groups in total. The topological polar surface area (TPSA) is 115 Å². The van der Waals surface area contributed by atoms with E-state index in [0.717, 1.165) is 11.3 Å². The maximum absolute atomic E-state index is 12.3. The van der Waals surface area contributed by atoms with Crippen molar-refractivity contribution in [1.29, 1.82) is 0 Å². The molecule has 0 spiro atoms. The minimum atomic E-state index is -0.559. The van der Waals surface area contributed by atoms with Crippen LogP contribution in [0, 0.1) is 24.0 Å². The molecule has 0 fully saturated rings. The molecule has 8 nitrogen and oxygen atoms in total. The van der Waals surface area contributed by atoms with Gasteiger partial charge >= 0.3 is 5.97 Å². The summed E-state index contributed by atoms with van der Waals surface area (Å²) in [5, 5.41) is 11.0. The highest BCUT2D eigenvalue weighted by Gasteiger charge is 2.20. The lowest BCUT2D eigenvalue weighted by molar-refractivity contribution is -0.384. The van der Waals surface area contributed by atoms with Gasteiger partial charge in [0.05, 0.1) is 10.3 Å². The molecule has 9 heteroatoms. The molecule has 1 aromatic carbocycles. The van der Waals surface area contributed by atoms with Gasteiger partial charge in [0.25, 0.3) is 11.2 Å². The molecule has 3 rings (SSSR count). The van der Waals surface area contributed by atoms with Crippen LogP contribution in [0.1, 0.15) is 26.6 Å². The molecular formula is C16H13N3O5S. The number of hydrogen-bond acceptors (Lipinski definition) is 7. The minimum Gasteiger partial charge on any atom is -0.457 e. The van der Waals surface area contributed by atoms with Gasteiger partial charge in [-0.15, -0.1) is 11.3 Å². The highest BCUT2D eigenvalue weighted by Crippen LogP contribution is 2.27. The van der Waals surface area contributed by atoms with E-state index in [2.05, 4.69) is 9.97 Å². The summed E-state index contributed by atoms with van der Waals surface area (Å²) < 4.78 is 5.26. The van der Waals surface area contributed by atoms with Gasteiger partial charge in [0.15, 0.2) is 0 Å². The molecule has 0 aliphatic carbocycles. The van der Waals surface area contributed by atoms with Crippen LogP contribution in [0.25, 0.3) is 10.2 Å². The maximum atomic E-state index is 12.3. The van der Waals surface area contributed by atoms with Crippen molar-refractivity contribution >= 4 is 33.2 Å². The highest BCUT2D eigenvalue weighted by molar-refractivity contribution is 7.20. The number of thiophene rings is 1. The van der Waals surface area contributed by atoms with E-state index in [0.29, 0.717) is 32.0 Å². The number of nitro groups is 1. The number of non-ortho nitro benzene ring substituents is 1. The summed E-state index contributed by atoms with van der Waals surface area (Å²) in [6, 6.07) is 5.75. The fourth-order valence-corrected chi connectivity index (χ4v) is 3.50. The van der Waals surface area contributed by atoms with Gasteiger partial charge in [-0.25, -0.2) is 9.78 Å². The molecule has 2 heterocycles. The second-order valence-electron chi connectivity index (χ2n) is 5.39. The number of aromatic nitrogens is 2.